The standard InChI is InChI=1S/C25H29N3O3/c1-2-31-25(30)18-13-16-28(17-14-18)23(29)12-7-9-20-19-8-3-4-10-21(19)27-24(20)22-11-5-6-15-26-22/h3-6,8,10-11,15,18,27H,2,7,9,12-14,16-17H2,1H3. The smallest absolute Gasteiger partial charge is 0.309 e. The number of ether oxygens (including phenoxy) is 1. The van der Waals surface area contributed by atoms with Crippen LogP contribution in [0.2, 0.25) is 0 Å². The molecule has 1 aliphatic heterocycles. The van der Waals surface area contributed by atoms with Crippen LogP contribution in [-0.2, 0) is 20.7 Å². The Morgan fingerprint density at radius 1 is 1.13 bits per heavy atom. The zero-order valence-electron chi connectivity index (χ0n) is 18.0. The number of nitrogens with zero attached hydrogens (tertiary/aromatic N) is 2. The first-order chi connectivity index (χ1) is 15.2. The van der Waals surface area contributed by atoms with E-state index in [0.29, 0.717) is 39.0 Å². The fourth-order valence-corrected chi connectivity index (χ4v) is 4.39. The molecule has 0 bridgehead atoms. The number of hydrogen-bond acceptors (Lipinski definition) is 4. The van der Waals surface area contributed by atoms with Crippen molar-refractivity contribution in [2.24, 2.45) is 5.92 Å². The van der Waals surface area contributed by atoms with Crippen LogP contribution < -0.4 is 0 Å². The minimum Gasteiger partial charge on any atom is -0.466 e. The van der Waals surface area contributed by atoms with Gasteiger partial charge in [0, 0.05) is 36.6 Å². The molecule has 0 unspecified atom stereocenters. The molecule has 6 heteroatoms. The summed E-state index contributed by atoms with van der Waals surface area (Å²) < 4.78 is 5.12. The Labute approximate surface area is 182 Å². The second kappa shape index (κ2) is 9.77. The maximum absolute atomic E-state index is 12.7. The topological polar surface area (TPSA) is 75.3 Å². The number of esters is 1. The van der Waals surface area contributed by atoms with Gasteiger partial charge in [-0.1, -0.05) is 24.3 Å². The number of para-hydroxylation sites is 1. The van der Waals surface area contributed by atoms with Crippen LogP contribution in [0.15, 0.2) is 48.7 Å². The number of fused-ring (bicyclic) bond motifs is 1. The fourth-order valence-electron chi connectivity index (χ4n) is 4.39. The van der Waals surface area contributed by atoms with Gasteiger partial charge in [-0.2, -0.15) is 0 Å². The molecule has 3 heterocycles. The average Bonchev–Trinajstić information content (AvgIpc) is 3.18. The molecule has 1 aromatic carbocycles. The van der Waals surface area contributed by atoms with Crippen LogP contribution in [0.5, 0.6) is 0 Å². The zero-order chi connectivity index (χ0) is 21.6. The molecule has 1 N–H and O–H groups in total. The third-order valence-corrected chi connectivity index (χ3v) is 6.02. The molecule has 0 aliphatic carbocycles. The first-order valence-corrected chi connectivity index (χ1v) is 11.1. The lowest BCUT2D eigenvalue weighted by Gasteiger charge is -2.31. The fraction of sp³-hybridized carbons (Fsp3) is 0.400. The number of nitrogens with one attached hydrogen (secondary N) is 1. The molecule has 0 radical (unpaired) electrons. The number of carbonyl (C=O) groups excluding carboxylic acids is 2. The minimum atomic E-state index is -0.129. The van der Waals surface area contributed by atoms with Crippen molar-refractivity contribution in [2.75, 3.05) is 19.7 Å². The third-order valence-electron chi connectivity index (χ3n) is 6.02. The molecule has 1 aliphatic rings. The van der Waals surface area contributed by atoms with E-state index in [-0.39, 0.29) is 17.8 Å². The number of piperidine rings is 1. The van der Waals surface area contributed by atoms with Gasteiger partial charge in [0.05, 0.1) is 23.9 Å². The van der Waals surface area contributed by atoms with Gasteiger partial charge in [0.15, 0.2) is 0 Å². The number of amides is 1. The summed E-state index contributed by atoms with van der Waals surface area (Å²) in [6.45, 7) is 3.50. The number of pyridine rings is 1. The van der Waals surface area contributed by atoms with E-state index in [1.165, 1.54) is 10.9 Å². The van der Waals surface area contributed by atoms with Gasteiger partial charge in [-0.3, -0.25) is 14.6 Å². The lowest BCUT2D eigenvalue weighted by molar-refractivity contribution is -0.151. The van der Waals surface area contributed by atoms with Crippen molar-refractivity contribution in [3.8, 4) is 11.4 Å². The Kier molecular flexibility index (Phi) is 6.65. The minimum absolute atomic E-state index is 0.0730. The Morgan fingerprint density at radius 2 is 1.90 bits per heavy atom. The highest BCUT2D eigenvalue weighted by molar-refractivity contribution is 5.90. The number of aromatic amines is 1. The Bertz CT molecular complexity index is 1040. The van der Waals surface area contributed by atoms with Gasteiger partial charge < -0.3 is 14.6 Å². The Balaban J connectivity index is 1.38. The molecule has 1 amide bonds. The summed E-state index contributed by atoms with van der Waals surface area (Å²) in [6, 6.07) is 14.2. The Hall–Kier alpha value is -3.15. The monoisotopic (exact) mass is 419 g/mol. The van der Waals surface area contributed by atoms with Gasteiger partial charge >= 0.3 is 5.97 Å². The summed E-state index contributed by atoms with van der Waals surface area (Å²) in [7, 11) is 0. The van der Waals surface area contributed by atoms with Gasteiger partial charge in [0.25, 0.3) is 0 Å². The van der Waals surface area contributed by atoms with Crippen molar-refractivity contribution >= 4 is 22.8 Å². The molecule has 0 saturated carbocycles. The van der Waals surface area contributed by atoms with Crippen LogP contribution >= 0.6 is 0 Å². The van der Waals surface area contributed by atoms with Crippen LogP contribution in [-0.4, -0.2) is 46.4 Å². The SMILES string of the molecule is CCOC(=O)C1CCN(C(=O)CCCc2c(-c3ccccn3)[nH]c3ccccc23)CC1. The van der Waals surface area contributed by atoms with Crippen LogP contribution in [0.3, 0.4) is 0 Å². The van der Waals surface area contributed by atoms with E-state index in [1.807, 2.05) is 42.2 Å². The third kappa shape index (κ3) is 4.79. The van der Waals surface area contributed by atoms with Gasteiger partial charge in [0.1, 0.15) is 0 Å². The molecule has 1 fully saturated rings. The molecule has 31 heavy (non-hydrogen) atoms. The maximum Gasteiger partial charge on any atom is 0.309 e. The number of benzene rings is 1. The Morgan fingerprint density at radius 3 is 2.65 bits per heavy atom. The molecule has 3 aromatic rings. The summed E-state index contributed by atoms with van der Waals surface area (Å²) in [5.41, 5.74) is 4.25. The second-order valence-electron chi connectivity index (χ2n) is 8.00. The van der Waals surface area contributed by atoms with E-state index >= 15 is 0 Å². The molecule has 162 valence electrons. The van der Waals surface area contributed by atoms with Gasteiger partial charge in [-0.15, -0.1) is 0 Å². The van der Waals surface area contributed by atoms with Crippen LogP contribution in [0.25, 0.3) is 22.3 Å². The van der Waals surface area contributed by atoms with Crippen molar-refractivity contribution in [3.63, 3.8) is 0 Å². The molecule has 0 atom stereocenters. The number of hydrogen-bond donors (Lipinski definition) is 1. The maximum atomic E-state index is 12.7. The lowest BCUT2D eigenvalue weighted by atomic mass is 9.96. The molecule has 0 spiro atoms. The van der Waals surface area contributed by atoms with E-state index in [1.54, 1.807) is 6.20 Å². The quantitative estimate of drug-likeness (QED) is 0.578. The van der Waals surface area contributed by atoms with Crippen molar-refractivity contribution < 1.29 is 14.3 Å². The summed E-state index contributed by atoms with van der Waals surface area (Å²) in [4.78, 5) is 34.5. The highest BCUT2D eigenvalue weighted by Gasteiger charge is 2.28. The van der Waals surface area contributed by atoms with Gasteiger partial charge in [-0.25, -0.2) is 0 Å². The number of carbonyl (C=O) groups is 2. The number of aromatic nitrogens is 2. The normalized spacial score (nSPS) is 14.7. The summed E-state index contributed by atoms with van der Waals surface area (Å²) in [5, 5.41) is 1.19. The molecule has 2 aromatic heterocycles. The van der Waals surface area contributed by atoms with Gasteiger partial charge in [0.2, 0.25) is 5.91 Å². The number of rotatable bonds is 7. The average molecular weight is 420 g/mol. The van der Waals surface area contributed by atoms with Crippen molar-refractivity contribution in [1.29, 1.82) is 0 Å². The molecular weight excluding hydrogens is 390 g/mol. The van der Waals surface area contributed by atoms with Gasteiger partial charge in [-0.05, 0) is 56.4 Å². The summed E-state index contributed by atoms with van der Waals surface area (Å²) in [6.07, 6.45) is 5.27. The molecule has 4 rings (SSSR count). The van der Waals surface area contributed by atoms with Crippen molar-refractivity contribution in [2.45, 2.75) is 39.0 Å². The molecular formula is C25H29N3O3. The molecule has 1 saturated heterocycles. The summed E-state index contributed by atoms with van der Waals surface area (Å²) >= 11 is 0. The zero-order valence-corrected chi connectivity index (χ0v) is 18.0. The predicted molar refractivity (Wildman–Crippen MR) is 120 cm³/mol. The van der Waals surface area contributed by atoms with Crippen molar-refractivity contribution in [1.82, 2.24) is 14.9 Å². The first-order valence-electron chi connectivity index (χ1n) is 11.1. The van der Waals surface area contributed by atoms with Crippen LogP contribution in [0.4, 0.5) is 0 Å². The van der Waals surface area contributed by atoms with E-state index in [4.69, 9.17) is 4.74 Å². The number of aryl methyl sites for hydroxylation is 1. The molecule has 6 nitrogen and oxygen atoms in total. The second-order valence-corrected chi connectivity index (χ2v) is 8.00. The van der Waals surface area contributed by atoms with Crippen molar-refractivity contribution in [3.05, 3.63) is 54.2 Å². The number of likely N-dealkylation sites (tertiary alicyclic amines) is 1. The van der Waals surface area contributed by atoms with Crippen LogP contribution in [0.1, 0.15) is 38.2 Å². The van der Waals surface area contributed by atoms with E-state index in [2.05, 4.69) is 22.1 Å². The largest absolute Gasteiger partial charge is 0.466 e. The summed E-state index contributed by atoms with van der Waals surface area (Å²) in [5.74, 6) is -0.0336. The highest BCUT2D eigenvalue weighted by Crippen LogP contribution is 2.30. The predicted octanol–water partition coefficient (Wildman–Crippen LogP) is 4.35. The van der Waals surface area contributed by atoms with E-state index < -0.39 is 0 Å². The van der Waals surface area contributed by atoms with Crippen LogP contribution in [0, 0.1) is 5.92 Å². The number of H-pyrrole nitrogens is 1. The lowest BCUT2D eigenvalue weighted by Crippen LogP contribution is -2.40. The highest BCUT2D eigenvalue weighted by atomic mass is 16.5. The van der Waals surface area contributed by atoms with E-state index in [9.17, 15) is 9.59 Å². The van der Waals surface area contributed by atoms with E-state index in [0.717, 1.165) is 29.7 Å². The first kappa shape index (κ1) is 21.1.